The molecular weight excluding hydrogens is 240 g/mol. The first-order chi connectivity index (χ1) is 9.26. The molecule has 0 spiro atoms. The zero-order valence-corrected chi connectivity index (χ0v) is 13.0. The summed E-state index contributed by atoms with van der Waals surface area (Å²) in [7, 11) is 3.52. The first-order valence-corrected chi connectivity index (χ1v) is 7.70. The van der Waals surface area contributed by atoms with Gasteiger partial charge in [-0.05, 0) is 31.6 Å². The quantitative estimate of drug-likeness (QED) is 0.657. The Balaban J connectivity index is 2.12. The maximum atomic E-state index is 5.16. The van der Waals surface area contributed by atoms with Crippen molar-refractivity contribution in [3.63, 3.8) is 0 Å². The molecule has 0 heterocycles. The molecule has 1 fully saturated rings. The molecule has 0 aromatic carbocycles. The van der Waals surface area contributed by atoms with E-state index in [1.165, 1.54) is 25.7 Å². The first-order valence-electron chi connectivity index (χ1n) is 7.70. The van der Waals surface area contributed by atoms with Crippen molar-refractivity contribution in [2.75, 3.05) is 53.6 Å². The monoisotopic (exact) mass is 272 g/mol. The van der Waals surface area contributed by atoms with Crippen LogP contribution in [0.1, 0.15) is 32.6 Å². The molecule has 1 aliphatic carbocycles. The number of ether oxygens (including phenoxy) is 2. The third-order valence-corrected chi connectivity index (χ3v) is 4.10. The van der Waals surface area contributed by atoms with Crippen LogP contribution in [-0.2, 0) is 9.47 Å². The fourth-order valence-electron chi connectivity index (χ4n) is 2.67. The molecule has 0 atom stereocenters. The summed E-state index contributed by atoms with van der Waals surface area (Å²) in [5.74, 6) is 0.929. The van der Waals surface area contributed by atoms with Crippen LogP contribution < -0.4 is 5.32 Å². The summed E-state index contributed by atoms with van der Waals surface area (Å²) in [6.07, 6.45) is 5.46. The maximum absolute atomic E-state index is 5.16. The molecule has 0 unspecified atom stereocenters. The lowest BCUT2D eigenvalue weighted by molar-refractivity contribution is 0.113. The van der Waals surface area contributed by atoms with Crippen molar-refractivity contribution in [2.24, 2.45) is 5.92 Å². The smallest absolute Gasteiger partial charge is 0.0589 e. The second-order valence-electron chi connectivity index (χ2n) is 5.74. The number of rotatable bonds is 10. The predicted octanol–water partition coefficient (Wildman–Crippen LogP) is 1.75. The molecule has 4 nitrogen and oxygen atoms in total. The largest absolute Gasteiger partial charge is 0.383 e. The Hall–Kier alpha value is -0.160. The number of methoxy groups -OCH3 is 2. The topological polar surface area (TPSA) is 33.7 Å². The van der Waals surface area contributed by atoms with E-state index in [1.807, 2.05) is 0 Å². The van der Waals surface area contributed by atoms with Crippen LogP contribution in [0.3, 0.4) is 0 Å². The van der Waals surface area contributed by atoms with E-state index in [-0.39, 0.29) is 0 Å². The molecule has 1 saturated carbocycles. The standard InChI is InChI=1S/C15H32N2O2/c1-14-4-6-15(7-5-14)16-8-9-17(10-12-18-2)11-13-19-3/h14-16H,4-13H2,1-3H3. The molecule has 1 N–H and O–H groups in total. The Labute approximate surface area is 118 Å². The van der Waals surface area contributed by atoms with E-state index in [0.29, 0.717) is 0 Å². The van der Waals surface area contributed by atoms with E-state index < -0.39 is 0 Å². The van der Waals surface area contributed by atoms with Crippen LogP contribution in [0.5, 0.6) is 0 Å². The Bertz CT molecular complexity index is 198. The first kappa shape index (κ1) is 16.9. The van der Waals surface area contributed by atoms with E-state index in [9.17, 15) is 0 Å². The lowest BCUT2D eigenvalue weighted by Crippen LogP contribution is -2.40. The van der Waals surface area contributed by atoms with Crippen LogP contribution in [-0.4, -0.2) is 64.6 Å². The number of hydrogen-bond donors (Lipinski definition) is 1. The van der Waals surface area contributed by atoms with Gasteiger partial charge in [0, 0.05) is 46.4 Å². The van der Waals surface area contributed by atoms with E-state index >= 15 is 0 Å². The fourth-order valence-corrected chi connectivity index (χ4v) is 2.67. The van der Waals surface area contributed by atoms with Crippen molar-refractivity contribution < 1.29 is 9.47 Å². The van der Waals surface area contributed by atoms with Crippen molar-refractivity contribution in [1.29, 1.82) is 0 Å². The lowest BCUT2D eigenvalue weighted by atomic mass is 9.87. The van der Waals surface area contributed by atoms with E-state index in [0.717, 1.165) is 51.4 Å². The number of nitrogens with one attached hydrogen (secondary N) is 1. The highest BCUT2D eigenvalue weighted by molar-refractivity contribution is 4.75. The Morgan fingerprint density at radius 2 is 1.53 bits per heavy atom. The highest BCUT2D eigenvalue weighted by atomic mass is 16.5. The van der Waals surface area contributed by atoms with Gasteiger partial charge in [-0.25, -0.2) is 0 Å². The molecular formula is C15H32N2O2. The van der Waals surface area contributed by atoms with E-state index in [4.69, 9.17) is 9.47 Å². The summed E-state index contributed by atoms with van der Waals surface area (Å²) in [4.78, 5) is 2.41. The van der Waals surface area contributed by atoms with Gasteiger partial charge in [-0.2, -0.15) is 0 Å². The summed E-state index contributed by atoms with van der Waals surface area (Å²) >= 11 is 0. The van der Waals surface area contributed by atoms with Gasteiger partial charge < -0.3 is 14.8 Å². The molecule has 0 aromatic heterocycles. The van der Waals surface area contributed by atoms with E-state index in [2.05, 4.69) is 17.1 Å². The van der Waals surface area contributed by atoms with Gasteiger partial charge in [0.15, 0.2) is 0 Å². The normalized spacial score (nSPS) is 24.0. The molecule has 1 aliphatic rings. The Morgan fingerprint density at radius 1 is 0.947 bits per heavy atom. The van der Waals surface area contributed by atoms with Crippen molar-refractivity contribution in [3.8, 4) is 0 Å². The van der Waals surface area contributed by atoms with Gasteiger partial charge in [0.1, 0.15) is 0 Å². The second kappa shape index (κ2) is 10.6. The second-order valence-corrected chi connectivity index (χ2v) is 5.74. The fraction of sp³-hybridized carbons (Fsp3) is 1.00. The molecule has 0 amide bonds. The average Bonchev–Trinajstić information content (AvgIpc) is 2.43. The molecule has 0 saturated heterocycles. The minimum Gasteiger partial charge on any atom is -0.383 e. The van der Waals surface area contributed by atoms with Gasteiger partial charge in [-0.1, -0.05) is 6.92 Å². The molecule has 1 rings (SSSR count). The van der Waals surface area contributed by atoms with Crippen molar-refractivity contribution >= 4 is 0 Å². The minimum absolute atomic E-state index is 0.739. The zero-order chi connectivity index (χ0) is 13.9. The molecule has 0 radical (unpaired) electrons. The van der Waals surface area contributed by atoms with Crippen LogP contribution in [0.4, 0.5) is 0 Å². The predicted molar refractivity (Wildman–Crippen MR) is 79.6 cm³/mol. The van der Waals surface area contributed by atoms with Gasteiger partial charge in [0.05, 0.1) is 13.2 Å². The molecule has 0 bridgehead atoms. The van der Waals surface area contributed by atoms with Crippen LogP contribution in [0.15, 0.2) is 0 Å². The van der Waals surface area contributed by atoms with Crippen LogP contribution in [0.2, 0.25) is 0 Å². The lowest BCUT2D eigenvalue weighted by Gasteiger charge is -2.28. The van der Waals surface area contributed by atoms with Gasteiger partial charge in [-0.15, -0.1) is 0 Å². The number of hydrogen-bond acceptors (Lipinski definition) is 4. The molecule has 114 valence electrons. The third kappa shape index (κ3) is 7.88. The summed E-state index contributed by atoms with van der Waals surface area (Å²) in [5, 5.41) is 3.70. The molecule has 0 aromatic rings. The molecule has 19 heavy (non-hydrogen) atoms. The van der Waals surface area contributed by atoms with Crippen molar-refractivity contribution in [3.05, 3.63) is 0 Å². The van der Waals surface area contributed by atoms with Gasteiger partial charge in [0.25, 0.3) is 0 Å². The van der Waals surface area contributed by atoms with Crippen LogP contribution in [0.25, 0.3) is 0 Å². The zero-order valence-electron chi connectivity index (χ0n) is 13.0. The summed E-state index contributed by atoms with van der Waals surface area (Å²) in [6, 6.07) is 0.739. The van der Waals surface area contributed by atoms with Gasteiger partial charge in [0.2, 0.25) is 0 Å². The van der Waals surface area contributed by atoms with Gasteiger partial charge in [-0.3, -0.25) is 4.90 Å². The van der Waals surface area contributed by atoms with Crippen molar-refractivity contribution in [1.82, 2.24) is 10.2 Å². The number of nitrogens with zero attached hydrogens (tertiary/aromatic N) is 1. The minimum atomic E-state index is 0.739. The van der Waals surface area contributed by atoms with Crippen molar-refractivity contribution in [2.45, 2.75) is 38.6 Å². The van der Waals surface area contributed by atoms with Gasteiger partial charge >= 0.3 is 0 Å². The summed E-state index contributed by atoms with van der Waals surface area (Å²) < 4.78 is 10.3. The maximum Gasteiger partial charge on any atom is 0.0589 e. The summed E-state index contributed by atoms with van der Waals surface area (Å²) in [5.41, 5.74) is 0. The molecule has 0 aliphatic heterocycles. The van der Waals surface area contributed by atoms with Crippen LogP contribution >= 0.6 is 0 Å². The molecule has 4 heteroatoms. The average molecular weight is 272 g/mol. The van der Waals surface area contributed by atoms with Crippen LogP contribution in [0, 0.1) is 5.92 Å². The summed E-state index contributed by atoms with van der Waals surface area (Å²) in [6.45, 7) is 8.10. The van der Waals surface area contributed by atoms with E-state index in [1.54, 1.807) is 14.2 Å². The Kier molecular flexibility index (Phi) is 9.43. The highest BCUT2D eigenvalue weighted by Gasteiger charge is 2.17. The SMILES string of the molecule is COCCN(CCNC1CCC(C)CC1)CCOC. The Morgan fingerprint density at radius 3 is 2.05 bits per heavy atom. The highest BCUT2D eigenvalue weighted by Crippen LogP contribution is 2.23. The third-order valence-electron chi connectivity index (χ3n) is 4.10.